The van der Waals surface area contributed by atoms with Crippen molar-refractivity contribution in [1.82, 2.24) is 4.31 Å². The molecule has 30 heavy (non-hydrogen) atoms. The van der Waals surface area contributed by atoms with Crippen LogP contribution >= 0.6 is 0 Å². The molecular formula is C22H25NO6S. The average Bonchev–Trinajstić information content (AvgIpc) is 2.72. The molecule has 160 valence electrons. The van der Waals surface area contributed by atoms with Crippen molar-refractivity contribution in [3.05, 3.63) is 65.7 Å². The van der Waals surface area contributed by atoms with Crippen LogP contribution < -0.4 is 0 Å². The third kappa shape index (κ3) is 4.11. The van der Waals surface area contributed by atoms with Crippen LogP contribution in [0.5, 0.6) is 0 Å². The zero-order chi connectivity index (χ0) is 21.9. The van der Waals surface area contributed by atoms with E-state index in [1.54, 1.807) is 43.3 Å². The highest BCUT2D eigenvalue weighted by Gasteiger charge is 2.53. The molecule has 3 rings (SSSR count). The first-order valence-corrected chi connectivity index (χ1v) is 11.1. The van der Waals surface area contributed by atoms with Gasteiger partial charge in [-0.15, -0.1) is 0 Å². The van der Waals surface area contributed by atoms with Crippen LogP contribution in [-0.2, 0) is 29.1 Å². The quantitative estimate of drug-likeness (QED) is 0.472. The fraction of sp³-hybridized carbons (Fsp3) is 0.364. The predicted octanol–water partition coefficient (Wildman–Crippen LogP) is 2.85. The van der Waals surface area contributed by atoms with E-state index in [4.69, 9.17) is 9.47 Å². The van der Waals surface area contributed by atoms with Crippen molar-refractivity contribution in [3.8, 4) is 0 Å². The molecule has 8 heteroatoms. The van der Waals surface area contributed by atoms with Gasteiger partial charge in [0.05, 0.1) is 16.9 Å². The fourth-order valence-electron chi connectivity index (χ4n) is 3.56. The lowest BCUT2D eigenvalue weighted by molar-refractivity contribution is -0.165. The number of rotatable bonds is 8. The molecule has 0 saturated carbocycles. The number of β-lactam (4-membered cyclic amide) rings is 1. The molecule has 1 aliphatic heterocycles. The summed E-state index contributed by atoms with van der Waals surface area (Å²) in [6.07, 6.45) is -0.475. The number of ether oxygens (including phenoxy) is 2. The predicted molar refractivity (Wildman–Crippen MR) is 110 cm³/mol. The Morgan fingerprint density at radius 2 is 1.73 bits per heavy atom. The maximum atomic E-state index is 13.0. The number of aryl methyl sites for hydroxylation is 1. The van der Waals surface area contributed by atoms with Gasteiger partial charge in [0.15, 0.2) is 6.10 Å². The molecular weight excluding hydrogens is 406 g/mol. The molecule has 0 spiro atoms. The van der Waals surface area contributed by atoms with Gasteiger partial charge < -0.3 is 9.47 Å². The molecule has 7 nitrogen and oxygen atoms in total. The van der Waals surface area contributed by atoms with Crippen molar-refractivity contribution >= 4 is 21.9 Å². The van der Waals surface area contributed by atoms with E-state index in [0.717, 1.165) is 9.87 Å². The second kappa shape index (κ2) is 8.97. The van der Waals surface area contributed by atoms with E-state index in [-0.39, 0.29) is 11.5 Å². The summed E-state index contributed by atoms with van der Waals surface area (Å²) in [5.41, 5.74) is 1.54. The lowest BCUT2D eigenvalue weighted by Crippen LogP contribution is -2.64. The Morgan fingerprint density at radius 1 is 1.10 bits per heavy atom. The van der Waals surface area contributed by atoms with Gasteiger partial charge in [0, 0.05) is 7.11 Å². The van der Waals surface area contributed by atoms with E-state index in [1.807, 2.05) is 13.0 Å². The van der Waals surface area contributed by atoms with Gasteiger partial charge in [-0.05, 0) is 31.0 Å². The number of amides is 1. The Labute approximate surface area is 176 Å². The molecule has 0 N–H and O–H groups in total. The summed E-state index contributed by atoms with van der Waals surface area (Å²) in [4.78, 5) is 25.1. The second-order valence-corrected chi connectivity index (χ2v) is 9.01. The Kier molecular flexibility index (Phi) is 6.58. The summed E-state index contributed by atoms with van der Waals surface area (Å²) in [7, 11) is -2.63. The van der Waals surface area contributed by atoms with Gasteiger partial charge in [0.1, 0.15) is 6.61 Å². The first kappa shape index (κ1) is 22.0. The number of hydrogen-bond donors (Lipinski definition) is 0. The fourth-order valence-corrected chi connectivity index (χ4v) is 5.21. The van der Waals surface area contributed by atoms with E-state index in [1.165, 1.54) is 19.2 Å². The molecule has 0 aliphatic carbocycles. The van der Waals surface area contributed by atoms with Gasteiger partial charge >= 0.3 is 5.97 Å². The summed E-state index contributed by atoms with van der Waals surface area (Å²) in [5.74, 6) is -1.63. The largest absolute Gasteiger partial charge is 0.461 e. The van der Waals surface area contributed by atoms with Crippen LogP contribution in [0.4, 0.5) is 0 Å². The lowest BCUT2D eigenvalue weighted by atomic mass is 9.88. The Morgan fingerprint density at radius 3 is 2.30 bits per heavy atom. The van der Waals surface area contributed by atoms with Crippen LogP contribution in [0.1, 0.15) is 30.6 Å². The van der Waals surface area contributed by atoms with Gasteiger partial charge in [-0.1, -0.05) is 55.0 Å². The van der Waals surface area contributed by atoms with Crippen LogP contribution in [0.3, 0.4) is 0 Å². The number of nitrogens with zero attached hydrogens (tertiary/aromatic N) is 1. The van der Waals surface area contributed by atoms with Crippen LogP contribution in [0, 0.1) is 12.8 Å². The highest BCUT2D eigenvalue weighted by Crippen LogP contribution is 2.35. The van der Waals surface area contributed by atoms with Crippen molar-refractivity contribution in [2.75, 3.05) is 13.7 Å². The third-order valence-corrected chi connectivity index (χ3v) is 7.10. The van der Waals surface area contributed by atoms with Crippen LogP contribution in [-0.4, -0.2) is 44.4 Å². The Balaban J connectivity index is 1.77. The number of carbonyl (C=O) groups is 2. The van der Waals surface area contributed by atoms with E-state index in [9.17, 15) is 18.0 Å². The highest BCUT2D eigenvalue weighted by molar-refractivity contribution is 7.89. The number of benzene rings is 2. The summed E-state index contributed by atoms with van der Waals surface area (Å²) in [6, 6.07) is 14.4. The summed E-state index contributed by atoms with van der Waals surface area (Å²) < 4.78 is 37.5. The average molecular weight is 432 g/mol. The van der Waals surface area contributed by atoms with Crippen molar-refractivity contribution in [1.29, 1.82) is 0 Å². The lowest BCUT2D eigenvalue weighted by Gasteiger charge is -2.45. The first-order chi connectivity index (χ1) is 14.3. The molecule has 0 radical (unpaired) electrons. The molecule has 1 heterocycles. The third-order valence-electron chi connectivity index (χ3n) is 5.27. The minimum atomic E-state index is -4.02. The van der Waals surface area contributed by atoms with Gasteiger partial charge in [-0.2, -0.15) is 0 Å². The SMILES string of the molecule is CC[C@@H]1C(=O)N(S(=O)(=O)c2ccc(C)cc2)[C@@H]1COC(=O)[C@H](OC)c1ccccc1. The monoisotopic (exact) mass is 431 g/mol. The molecule has 2 aromatic rings. The molecule has 0 bridgehead atoms. The van der Waals surface area contributed by atoms with Gasteiger partial charge in [-0.3, -0.25) is 4.79 Å². The number of carbonyl (C=O) groups excluding carboxylic acids is 2. The molecule has 1 amide bonds. The number of esters is 1. The molecule has 0 unspecified atom stereocenters. The minimum absolute atomic E-state index is 0.0337. The van der Waals surface area contributed by atoms with Crippen molar-refractivity contribution in [2.24, 2.45) is 5.92 Å². The zero-order valence-electron chi connectivity index (χ0n) is 17.1. The van der Waals surface area contributed by atoms with Gasteiger partial charge in [0.2, 0.25) is 5.91 Å². The van der Waals surface area contributed by atoms with E-state index < -0.39 is 40.0 Å². The minimum Gasteiger partial charge on any atom is -0.461 e. The van der Waals surface area contributed by atoms with Gasteiger partial charge in [-0.25, -0.2) is 17.5 Å². The Bertz CT molecular complexity index is 1000. The standard InChI is InChI=1S/C22H25NO6S/c1-4-18-19(14-29-22(25)20(28-3)16-8-6-5-7-9-16)23(21(18)24)30(26,27)17-12-10-15(2)11-13-17/h5-13,18-20H,4,14H2,1-3H3/t18-,19+,20+/m0/s1. The number of methoxy groups -OCH3 is 1. The highest BCUT2D eigenvalue weighted by atomic mass is 32.2. The molecule has 2 aromatic carbocycles. The second-order valence-electron chi connectivity index (χ2n) is 7.19. The molecule has 3 atom stereocenters. The zero-order valence-corrected chi connectivity index (χ0v) is 18.0. The van der Waals surface area contributed by atoms with Crippen LogP contribution in [0.15, 0.2) is 59.5 Å². The topological polar surface area (TPSA) is 90.0 Å². The maximum Gasteiger partial charge on any atom is 0.339 e. The van der Waals surface area contributed by atoms with E-state index >= 15 is 0 Å². The first-order valence-electron chi connectivity index (χ1n) is 9.70. The van der Waals surface area contributed by atoms with Crippen molar-refractivity contribution in [2.45, 2.75) is 37.3 Å². The van der Waals surface area contributed by atoms with E-state index in [0.29, 0.717) is 12.0 Å². The molecule has 1 fully saturated rings. The molecule has 0 aromatic heterocycles. The molecule has 1 aliphatic rings. The van der Waals surface area contributed by atoms with Crippen molar-refractivity contribution in [3.63, 3.8) is 0 Å². The summed E-state index contributed by atoms with van der Waals surface area (Å²) in [6.45, 7) is 3.43. The van der Waals surface area contributed by atoms with Crippen LogP contribution in [0.25, 0.3) is 0 Å². The normalized spacial score (nSPS) is 19.8. The Hall–Kier alpha value is -2.71. The van der Waals surface area contributed by atoms with Gasteiger partial charge in [0.25, 0.3) is 10.0 Å². The number of sulfonamides is 1. The summed E-state index contributed by atoms with van der Waals surface area (Å²) in [5, 5.41) is 0. The van der Waals surface area contributed by atoms with E-state index in [2.05, 4.69) is 0 Å². The van der Waals surface area contributed by atoms with Crippen molar-refractivity contribution < 1.29 is 27.5 Å². The number of hydrogen-bond acceptors (Lipinski definition) is 6. The maximum absolute atomic E-state index is 13.0. The van der Waals surface area contributed by atoms with Crippen LogP contribution in [0.2, 0.25) is 0 Å². The smallest absolute Gasteiger partial charge is 0.339 e. The molecule has 1 saturated heterocycles. The summed E-state index contributed by atoms with van der Waals surface area (Å²) >= 11 is 0.